The first-order chi connectivity index (χ1) is 13.5. The van der Waals surface area contributed by atoms with Gasteiger partial charge in [0, 0.05) is 25.6 Å². The van der Waals surface area contributed by atoms with Crippen molar-refractivity contribution in [2.24, 2.45) is 0 Å². The van der Waals surface area contributed by atoms with Gasteiger partial charge in [0.1, 0.15) is 12.5 Å². The molecule has 1 aromatic carbocycles. The fraction of sp³-hybridized carbons (Fsp3) is 0.667. The summed E-state index contributed by atoms with van der Waals surface area (Å²) in [6.45, 7) is 1.34. The number of amides is 1. The number of aliphatic hydroxyl groups excluding tert-OH is 1. The van der Waals surface area contributed by atoms with Gasteiger partial charge in [-0.2, -0.15) is 0 Å². The topological polar surface area (TPSA) is 78.9 Å². The van der Waals surface area contributed by atoms with Gasteiger partial charge in [-0.3, -0.25) is 4.79 Å². The number of anilines is 2. The number of benzene rings is 1. The highest BCUT2D eigenvalue weighted by Crippen LogP contribution is 2.28. The predicted molar refractivity (Wildman–Crippen MR) is 111 cm³/mol. The minimum atomic E-state index is -0.705. The fourth-order valence-corrected chi connectivity index (χ4v) is 3.92. The Morgan fingerprint density at radius 3 is 2.68 bits per heavy atom. The molecule has 6 nitrogen and oxygen atoms in total. The van der Waals surface area contributed by atoms with Crippen molar-refractivity contribution in [3.8, 4) is 0 Å². The molecular formula is C21H33FN3O3-. The standard InChI is InChI=1S/C21H33FN3O3/c1-3-7-17(11-13-21(27)24(2)18-8-5-4-6-9-18)23-19-14-16(22)10-12-20(19)25(28)15-26/h10,12,14,17-18,23,26H,3-9,11,13,15H2,1-2H3/q-1. The van der Waals surface area contributed by atoms with Crippen molar-refractivity contribution in [1.29, 1.82) is 0 Å². The Balaban J connectivity index is 1.99. The zero-order valence-corrected chi connectivity index (χ0v) is 17.0. The summed E-state index contributed by atoms with van der Waals surface area (Å²) in [5.74, 6) is -0.323. The molecule has 1 aromatic rings. The van der Waals surface area contributed by atoms with Gasteiger partial charge in [-0.1, -0.05) is 32.6 Å². The van der Waals surface area contributed by atoms with Crippen LogP contribution in [0.15, 0.2) is 18.2 Å². The molecule has 0 heterocycles. The first kappa shape index (κ1) is 22.4. The van der Waals surface area contributed by atoms with Crippen LogP contribution in [0.25, 0.3) is 0 Å². The Morgan fingerprint density at radius 2 is 2.04 bits per heavy atom. The minimum Gasteiger partial charge on any atom is -0.757 e. The highest BCUT2D eigenvalue weighted by atomic mass is 19.1. The Kier molecular flexibility index (Phi) is 8.99. The van der Waals surface area contributed by atoms with E-state index >= 15 is 0 Å². The Morgan fingerprint density at radius 1 is 1.32 bits per heavy atom. The van der Waals surface area contributed by atoms with Gasteiger partial charge in [0.15, 0.2) is 0 Å². The van der Waals surface area contributed by atoms with E-state index in [0.717, 1.165) is 25.7 Å². The van der Waals surface area contributed by atoms with Gasteiger partial charge in [-0.25, -0.2) is 4.39 Å². The van der Waals surface area contributed by atoms with Crippen molar-refractivity contribution in [2.45, 2.75) is 76.8 Å². The number of carbonyl (C=O) groups excluding carboxylic acids is 1. The normalized spacial score (nSPS) is 15.9. The van der Waals surface area contributed by atoms with Crippen LogP contribution in [0.2, 0.25) is 0 Å². The molecule has 0 aromatic heterocycles. The third-order valence-corrected chi connectivity index (χ3v) is 5.57. The average Bonchev–Trinajstić information content (AvgIpc) is 2.71. The van der Waals surface area contributed by atoms with Crippen molar-refractivity contribution >= 4 is 17.3 Å². The molecular weight excluding hydrogens is 361 g/mol. The second-order valence-corrected chi connectivity index (χ2v) is 7.65. The molecule has 0 radical (unpaired) electrons. The van der Waals surface area contributed by atoms with Crippen LogP contribution in [0.1, 0.15) is 64.7 Å². The molecule has 1 aliphatic carbocycles. The van der Waals surface area contributed by atoms with Crippen LogP contribution in [0.5, 0.6) is 0 Å². The molecule has 1 amide bonds. The molecule has 1 saturated carbocycles. The predicted octanol–water partition coefficient (Wildman–Crippen LogP) is 4.23. The van der Waals surface area contributed by atoms with Crippen LogP contribution < -0.4 is 10.4 Å². The zero-order chi connectivity index (χ0) is 20.5. The molecule has 0 saturated heterocycles. The van der Waals surface area contributed by atoms with Crippen LogP contribution in [-0.4, -0.2) is 41.8 Å². The van der Waals surface area contributed by atoms with Gasteiger partial charge in [-0.15, -0.1) is 0 Å². The molecule has 0 bridgehead atoms. The molecule has 0 spiro atoms. The van der Waals surface area contributed by atoms with Crippen LogP contribution in [0, 0.1) is 11.0 Å². The van der Waals surface area contributed by atoms with Crippen molar-refractivity contribution in [1.82, 2.24) is 4.90 Å². The molecule has 1 fully saturated rings. The Hall–Kier alpha value is -1.86. The highest BCUT2D eigenvalue weighted by molar-refractivity contribution is 5.76. The fourth-order valence-electron chi connectivity index (χ4n) is 3.92. The molecule has 0 aliphatic heterocycles. The summed E-state index contributed by atoms with van der Waals surface area (Å²) in [7, 11) is 1.89. The van der Waals surface area contributed by atoms with Crippen molar-refractivity contribution in [3.63, 3.8) is 0 Å². The molecule has 1 aliphatic rings. The largest absolute Gasteiger partial charge is 0.757 e. The summed E-state index contributed by atoms with van der Waals surface area (Å²) >= 11 is 0. The summed E-state index contributed by atoms with van der Waals surface area (Å²) in [5.41, 5.74) is 0.534. The van der Waals surface area contributed by atoms with Gasteiger partial charge in [0.2, 0.25) is 5.91 Å². The lowest BCUT2D eigenvalue weighted by molar-refractivity contribution is -0.132. The first-order valence-corrected chi connectivity index (χ1v) is 10.3. The lowest BCUT2D eigenvalue weighted by Gasteiger charge is -2.33. The van der Waals surface area contributed by atoms with E-state index in [1.165, 1.54) is 37.5 Å². The number of carbonyl (C=O) groups is 1. The summed E-state index contributed by atoms with van der Waals surface area (Å²) in [5, 5.41) is 24.6. The van der Waals surface area contributed by atoms with E-state index in [9.17, 15) is 14.4 Å². The van der Waals surface area contributed by atoms with E-state index in [-0.39, 0.29) is 17.6 Å². The second kappa shape index (κ2) is 11.2. The van der Waals surface area contributed by atoms with E-state index in [2.05, 4.69) is 5.32 Å². The summed E-state index contributed by atoms with van der Waals surface area (Å²) in [4.78, 5) is 14.5. The number of hydrogen-bond acceptors (Lipinski definition) is 5. The number of aliphatic hydroxyl groups is 1. The third-order valence-electron chi connectivity index (χ3n) is 5.57. The summed E-state index contributed by atoms with van der Waals surface area (Å²) < 4.78 is 13.7. The number of rotatable bonds is 10. The zero-order valence-electron chi connectivity index (χ0n) is 17.0. The van der Waals surface area contributed by atoms with Crippen LogP contribution >= 0.6 is 0 Å². The number of nitrogens with one attached hydrogen (secondary N) is 1. The molecule has 1 unspecified atom stereocenters. The van der Waals surface area contributed by atoms with Crippen LogP contribution in [0.4, 0.5) is 15.8 Å². The first-order valence-electron chi connectivity index (χ1n) is 10.3. The van der Waals surface area contributed by atoms with E-state index < -0.39 is 12.5 Å². The maximum atomic E-state index is 13.7. The SMILES string of the molecule is CCCC(CCC(=O)N(C)C1CCCCC1)Nc1cc(F)ccc1N([O-])CO. The molecule has 1 atom stereocenters. The lowest BCUT2D eigenvalue weighted by Crippen LogP contribution is -2.38. The molecule has 7 heteroatoms. The van der Waals surface area contributed by atoms with Crippen LogP contribution in [0.3, 0.4) is 0 Å². The average molecular weight is 395 g/mol. The maximum absolute atomic E-state index is 13.7. The van der Waals surface area contributed by atoms with Gasteiger partial charge in [-0.05, 0) is 43.9 Å². The van der Waals surface area contributed by atoms with Gasteiger partial charge >= 0.3 is 0 Å². The molecule has 28 heavy (non-hydrogen) atoms. The van der Waals surface area contributed by atoms with E-state index in [0.29, 0.717) is 29.6 Å². The van der Waals surface area contributed by atoms with Crippen LogP contribution in [-0.2, 0) is 4.79 Å². The Bertz CT molecular complexity index is 623. The van der Waals surface area contributed by atoms with Gasteiger partial charge < -0.3 is 25.6 Å². The van der Waals surface area contributed by atoms with Crippen molar-refractivity contribution < 1.29 is 14.3 Å². The number of hydrogen-bond donors (Lipinski definition) is 2. The maximum Gasteiger partial charge on any atom is 0.222 e. The van der Waals surface area contributed by atoms with E-state index in [4.69, 9.17) is 5.11 Å². The Labute approximate surface area is 167 Å². The van der Waals surface area contributed by atoms with E-state index in [1.54, 1.807) is 0 Å². The smallest absolute Gasteiger partial charge is 0.222 e. The molecule has 158 valence electrons. The van der Waals surface area contributed by atoms with Crippen molar-refractivity contribution in [2.75, 3.05) is 24.2 Å². The quantitative estimate of drug-likeness (QED) is 0.459. The van der Waals surface area contributed by atoms with Gasteiger partial charge in [0.25, 0.3) is 0 Å². The third kappa shape index (κ3) is 6.34. The molecule has 2 rings (SSSR count). The minimum absolute atomic E-state index is 0.0543. The number of hydroxylamine groups is 1. The van der Waals surface area contributed by atoms with E-state index in [1.807, 2.05) is 18.9 Å². The number of halogens is 1. The summed E-state index contributed by atoms with van der Waals surface area (Å²) in [6, 6.07) is 4.09. The molecule has 2 N–H and O–H groups in total. The van der Waals surface area contributed by atoms with Gasteiger partial charge in [0.05, 0.1) is 11.4 Å². The number of nitrogens with zero attached hydrogens (tertiary/aromatic N) is 2. The van der Waals surface area contributed by atoms with Crippen molar-refractivity contribution in [3.05, 3.63) is 29.2 Å². The monoisotopic (exact) mass is 394 g/mol. The lowest BCUT2D eigenvalue weighted by atomic mass is 9.94. The second-order valence-electron chi connectivity index (χ2n) is 7.65. The summed E-state index contributed by atoms with van der Waals surface area (Å²) in [6.07, 6.45) is 8.49. The highest BCUT2D eigenvalue weighted by Gasteiger charge is 2.22.